The van der Waals surface area contributed by atoms with Gasteiger partial charge in [0.1, 0.15) is 5.75 Å². The average molecular weight is 453 g/mol. The van der Waals surface area contributed by atoms with Gasteiger partial charge in [-0.05, 0) is 54.3 Å². The van der Waals surface area contributed by atoms with E-state index in [4.69, 9.17) is 16.3 Å². The maximum atomic E-state index is 13.0. The van der Waals surface area contributed by atoms with Crippen LogP contribution in [0, 0.1) is 0 Å². The summed E-state index contributed by atoms with van der Waals surface area (Å²) < 4.78 is 33.2. The Morgan fingerprint density at radius 3 is 2.62 bits per heavy atom. The molecule has 0 atom stereocenters. The Morgan fingerprint density at radius 2 is 1.97 bits per heavy atom. The second-order valence-electron chi connectivity index (χ2n) is 6.36. The Kier molecular flexibility index (Phi) is 6.36. The van der Waals surface area contributed by atoms with Gasteiger partial charge in [0.15, 0.2) is 0 Å². The maximum absolute atomic E-state index is 13.0. The highest BCUT2D eigenvalue weighted by molar-refractivity contribution is 7.92. The van der Waals surface area contributed by atoms with Gasteiger partial charge in [-0.3, -0.25) is 9.10 Å². The summed E-state index contributed by atoms with van der Waals surface area (Å²) in [6.45, 7) is 2.60. The number of anilines is 1. The fourth-order valence-corrected chi connectivity index (χ4v) is 5.26. The Hall–Kier alpha value is -2.29. The number of nitrogens with zero attached hydrogens (tertiary/aromatic N) is 1. The van der Waals surface area contributed by atoms with Crippen LogP contribution in [-0.4, -0.2) is 35.0 Å². The molecule has 2 aromatic carbocycles. The zero-order valence-corrected chi connectivity index (χ0v) is 18.6. The molecule has 0 radical (unpaired) electrons. The van der Waals surface area contributed by atoms with Crippen molar-refractivity contribution >= 4 is 54.6 Å². The summed E-state index contributed by atoms with van der Waals surface area (Å²) in [6, 6.07) is 11.4. The van der Waals surface area contributed by atoms with Gasteiger partial charge in [-0.15, -0.1) is 11.3 Å². The van der Waals surface area contributed by atoms with E-state index in [2.05, 4.69) is 5.32 Å². The van der Waals surface area contributed by atoms with Crippen molar-refractivity contribution in [3.63, 3.8) is 0 Å². The van der Waals surface area contributed by atoms with Crippen molar-refractivity contribution in [2.75, 3.05) is 25.0 Å². The predicted octanol–water partition coefficient (Wildman–Crippen LogP) is 4.53. The molecule has 0 spiro atoms. The summed E-state index contributed by atoms with van der Waals surface area (Å²) >= 11 is 7.46. The average Bonchev–Trinajstić information content (AvgIpc) is 3.14. The SMILES string of the molecule is CCCNC(=O)c1cc2cc(N(C)S(=O)(=O)c3ccc(OC)c(Cl)c3)ccc2s1. The van der Waals surface area contributed by atoms with E-state index in [1.807, 2.05) is 13.0 Å². The van der Waals surface area contributed by atoms with E-state index in [1.54, 1.807) is 18.2 Å². The molecule has 1 amide bonds. The van der Waals surface area contributed by atoms with Gasteiger partial charge in [-0.2, -0.15) is 0 Å². The topological polar surface area (TPSA) is 75.7 Å². The first-order valence-corrected chi connectivity index (χ1v) is 11.6. The van der Waals surface area contributed by atoms with Crippen LogP contribution in [-0.2, 0) is 10.0 Å². The number of rotatable bonds is 7. The maximum Gasteiger partial charge on any atom is 0.264 e. The third-order valence-electron chi connectivity index (χ3n) is 4.40. The number of thiophene rings is 1. The summed E-state index contributed by atoms with van der Waals surface area (Å²) in [5.41, 5.74) is 0.489. The van der Waals surface area contributed by atoms with Gasteiger partial charge in [0.2, 0.25) is 0 Å². The molecule has 0 unspecified atom stereocenters. The third kappa shape index (κ3) is 4.34. The molecule has 0 bridgehead atoms. The lowest BCUT2D eigenvalue weighted by molar-refractivity contribution is 0.0957. The number of methoxy groups -OCH3 is 1. The second kappa shape index (κ2) is 8.61. The van der Waals surface area contributed by atoms with Crippen molar-refractivity contribution in [3.8, 4) is 5.75 Å². The van der Waals surface area contributed by atoms with E-state index in [0.717, 1.165) is 16.5 Å². The normalized spacial score (nSPS) is 11.4. The van der Waals surface area contributed by atoms with Crippen molar-refractivity contribution < 1.29 is 17.9 Å². The van der Waals surface area contributed by atoms with Gasteiger partial charge in [-0.25, -0.2) is 8.42 Å². The molecular formula is C20H21ClN2O4S2. The van der Waals surface area contributed by atoms with E-state index < -0.39 is 10.0 Å². The van der Waals surface area contributed by atoms with E-state index in [1.165, 1.54) is 48.0 Å². The lowest BCUT2D eigenvalue weighted by Gasteiger charge is -2.20. The molecule has 0 fully saturated rings. The predicted molar refractivity (Wildman–Crippen MR) is 118 cm³/mol. The zero-order chi connectivity index (χ0) is 21.2. The molecule has 0 aliphatic heterocycles. The number of carbonyl (C=O) groups is 1. The first-order valence-electron chi connectivity index (χ1n) is 8.92. The lowest BCUT2D eigenvalue weighted by Crippen LogP contribution is -2.26. The van der Waals surface area contributed by atoms with E-state index in [9.17, 15) is 13.2 Å². The van der Waals surface area contributed by atoms with Crippen LogP contribution in [0.2, 0.25) is 5.02 Å². The highest BCUT2D eigenvalue weighted by Crippen LogP contribution is 2.33. The number of carbonyl (C=O) groups excluding carboxylic acids is 1. The minimum Gasteiger partial charge on any atom is -0.495 e. The quantitative estimate of drug-likeness (QED) is 0.571. The largest absolute Gasteiger partial charge is 0.495 e. The number of sulfonamides is 1. The fourth-order valence-electron chi connectivity index (χ4n) is 2.77. The first kappa shape index (κ1) is 21.4. The van der Waals surface area contributed by atoms with E-state index >= 15 is 0 Å². The number of halogens is 1. The number of ether oxygens (including phenoxy) is 1. The summed E-state index contributed by atoms with van der Waals surface area (Å²) in [5.74, 6) is 0.283. The Balaban J connectivity index is 1.92. The molecule has 29 heavy (non-hydrogen) atoms. The molecule has 3 rings (SSSR count). The van der Waals surface area contributed by atoms with Crippen molar-refractivity contribution in [1.29, 1.82) is 0 Å². The van der Waals surface area contributed by atoms with Crippen LogP contribution in [0.25, 0.3) is 10.1 Å². The van der Waals surface area contributed by atoms with Gasteiger partial charge in [0.25, 0.3) is 15.9 Å². The van der Waals surface area contributed by atoms with Gasteiger partial charge < -0.3 is 10.1 Å². The number of nitrogens with one attached hydrogen (secondary N) is 1. The van der Waals surface area contributed by atoms with Gasteiger partial charge in [0.05, 0.1) is 27.6 Å². The fraction of sp³-hybridized carbons (Fsp3) is 0.250. The van der Waals surface area contributed by atoms with Crippen molar-refractivity contribution in [2.24, 2.45) is 0 Å². The zero-order valence-electron chi connectivity index (χ0n) is 16.2. The van der Waals surface area contributed by atoms with Crippen LogP contribution in [0.4, 0.5) is 5.69 Å². The highest BCUT2D eigenvalue weighted by atomic mass is 35.5. The molecular weight excluding hydrogens is 432 g/mol. The minimum atomic E-state index is -3.81. The molecule has 0 saturated carbocycles. The third-order valence-corrected chi connectivity index (χ3v) is 7.60. The molecule has 1 heterocycles. The summed E-state index contributed by atoms with van der Waals surface area (Å²) in [7, 11) is -0.864. The smallest absolute Gasteiger partial charge is 0.264 e. The standard InChI is InChI=1S/C20H21ClN2O4S2/c1-4-9-22-20(24)19-11-13-10-14(5-8-18(13)28-19)23(2)29(25,26)15-6-7-17(27-3)16(21)12-15/h5-8,10-12H,4,9H2,1-3H3,(H,22,24). The van der Waals surface area contributed by atoms with Crippen LogP contribution in [0.15, 0.2) is 47.4 Å². The monoisotopic (exact) mass is 452 g/mol. The van der Waals surface area contributed by atoms with Crippen molar-refractivity contribution in [3.05, 3.63) is 52.4 Å². The molecule has 154 valence electrons. The molecule has 0 aliphatic rings. The summed E-state index contributed by atoms with van der Waals surface area (Å²) in [5, 5.41) is 3.88. The summed E-state index contributed by atoms with van der Waals surface area (Å²) in [4.78, 5) is 12.9. The number of benzene rings is 2. The first-order chi connectivity index (χ1) is 13.8. The number of hydrogen-bond donors (Lipinski definition) is 1. The number of fused-ring (bicyclic) bond motifs is 1. The Morgan fingerprint density at radius 1 is 1.21 bits per heavy atom. The summed E-state index contributed by atoms with van der Waals surface area (Å²) in [6.07, 6.45) is 0.860. The molecule has 3 aromatic rings. The van der Waals surface area contributed by atoms with Gasteiger partial charge >= 0.3 is 0 Å². The van der Waals surface area contributed by atoms with Crippen LogP contribution in [0.3, 0.4) is 0 Å². The van der Waals surface area contributed by atoms with Crippen LogP contribution < -0.4 is 14.4 Å². The van der Waals surface area contributed by atoms with E-state index in [-0.39, 0.29) is 15.8 Å². The highest BCUT2D eigenvalue weighted by Gasteiger charge is 2.23. The van der Waals surface area contributed by atoms with Crippen molar-refractivity contribution in [1.82, 2.24) is 5.32 Å². The lowest BCUT2D eigenvalue weighted by atomic mass is 10.2. The van der Waals surface area contributed by atoms with Crippen LogP contribution in [0.5, 0.6) is 5.75 Å². The Bertz CT molecular complexity index is 1160. The van der Waals surface area contributed by atoms with Gasteiger partial charge in [-0.1, -0.05) is 18.5 Å². The van der Waals surface area contributed by atoms with E-state index in [0.29, 0.717) is 22.9 Å². The molecule has 6 nitrogen and oxygen atoms in total. The molecule has 9 heteroatoms. The van der Waals surface area contributed by atoms with Gasteiger partial charge in [0, 0.05) is 18.3 Å². The number of hydrogen-bond acceptors (Lipinski definition) is 5. The Labute approximate surface area is 179 Å². The number of amides is 1. The molecule has 0 aliphatic carbocycles. The van der Waals surface area contributed by atoms with Crippen molar-refractivity contribution in [2.45, 2.75) is 18.2 Å². The van der Waals surface area contributed by atoms with Crippen LogP contribution >= 0.6 is 22.9 Å². The van der Waals surface area contributed by atoms with Crippen LogP contribution in [0.1, 0.15) is 23.0 Å². The second-order valence-corrected chi connectivity index (χ2v) is 9.82. The minimum absolute atomic E-state index is 0.0656. The molecule has 0 saturated heterocycles. The molecule has 1 aromatic heterocycles. The molecule has 1 N–H and O–H groups in total.